The number of furan rings is 1. The van der Waals surface area contributed by atoms with Crippen LogP contribution in [0.25, 0.3) is 0 Å². The minimum atomic E-state index is -0.298. The molecule has 3 heterocycles. The van der Waals surface area contributed by atoms with Crippen LogP contribution >= 0.6 is 0 Å². The van der Waals surface area contributed by atoms with Crippen molar-refractivity contribution >= 4 is 17.8 Å². The van der Waals surface area contributed by atoms with Crippen LogP contribution in [0.4, 0.5) is 5.95 Å². The molecule has 24 heavy (non-hydrogen) atoms. The maximum atomic E-state index is 12.7. The molecule has 0 unspecified atom stereocenters. The fourth-order valence-corrected chi connectivity index (χ4v) is 3.21. The van der Waals surface area contributed by atoms with Crippen molar-refractivity contribution in [3.8, 4) is 0 Å². The average Bonchev–Trinajstić information content (AvgIpc) is 3.20. The van der Waals surface area contributed by atoms with Gasteiger partial charge < -0.3 is 9.32 Å². The van der Waals surface area contributed by atoms with Crippen LogP contribution < -0.4 is 5.32 Å². The van der Waals surface area contributed by atoms with E-state index in [1.165, 1.54) is 0 Å². The van der Waals surface area contributed by atoms with Gasteiger partial charge in [-0.3, -0.25) is 14.9 Å². The number of fused-ring (bicyclic) bond motifs is 2. The predicted octanol–water partition coefficient (Wildman–Crippen LogP) is 1.76. The number of carbonyl (C=O) groups is 2. The van der Waals surface area contributed by atoms with E-state index in [1.54, 1.807) is 23.4 Å². The Morgan fingerprint density at radius 3 is 2.79 bits per heavy atom. The number of anilines is 1. The van der Waals surface area contributed by atoms with Gasteiger partial charge in [-0.15, -0.1) is 0 Å². The zero-order chi connectivity index (χ0) is 16.7. The van der Waals surface area contributed by atoms with Crippen molar-refractivity contribution in [1.82, 2.24) is 14.9 Å². The number of hydrogen-bond donors (Lipinski definition) is 1. The molecular weight excluding hydrogens is 308 g/mol. The highest BCUT2D eigenvalue weighted by Gasteiger charge is 2.54. The standard InChI is InChI=1S/C17H18N4O3/c1-2-11-8-12-14(24-11)17(4-5-17)10-21(15(12)23)9-13(22)20-16-18-6-3-7-19-16/h3,6-8H,2,4-5,9-10H2,1H3,(H,18,19,20,22). The first kappa shape index (κ1) is 14.9. The Hall–Kier alpha value is -2.70. The van der Waals surface area contributed by atoms with Crippen molar-refractivity contribution in [2.24, 2.45) is 0 Å². The van der Waals surface area contributed by atoms with E-state index < -0.39 is 0 Å². The van der Waals surface area contributed by atoms with E-state index in [1.807, 2.05) is 13.0 Å². The van der Waals surface area contributed by atoms with Gasteiger partial charge >= 0.3 is 0 Å². The lowest BCUT2D eigenvalue weighted by molar-refractivity contribution is -0.117. The van der Waals surface area contributed by atoms with Gasteiger partial charge in [-0.25, -0.2) is 9.97 Å². The minimum absolute atomic E-state index is 0.00901. The molecule has 2 aliphatic rings. The lowest BCUT2D eigenvalue weighted by Gasteiger charge is -2.31. The number of rotatable bonds is 4. The Balaban J connectivity index is 1.52. The fraction of sp³-hybridized carbons (Fsp3) is 0.412. The summed E-state index contributed by atoms with van der Waals surface area (Å²) in [6, 6.07) is 3.49. The van der Waals surface area contributed by atoms with Crippen molar-refractivity contribution in [3.63, 3.8) is 0 Å². The number of aromatic nitrogens is 2. The summed E-state index contributed by atoms with van der Waals surface area (Å²) in [5, 5.41) is 2.62. The molecule has 0 aromatic carbocycles. The summed E-state index contributed by atoms with van der Waals surface area (Å²) < 4.78 is 5.88. The van der Waals surface area contributed by atoms with Crippen LogP contribution in [0.5, 0.6) is 0 Å². The third-order valence-electron chi connectivity index (χ3n) is 4.63. The molecule has 124 valence electrons. The number of hydrogen-bond acceptors (Lipinski definition) is 5. The summed E-state index contributed by atoms with van der Waals surface area (Å²) in [5.41, 5.74) is 0.513. The maximum Gasteiger partial charge on any atom is 0.257 e. The SMILES string of the molecule is CCc1cc2c(o1)C1(CC1)CN(CC(=O)Nc1ncccn1)C2=O. The zero-order valence-electron chi connectivity index (χ0n) is 13.4. The van der Waals surface area contributed by atoms with Crippen molar-refractivity contribution in [2.75, 3.05) is 18.4 Å². The van der Waals surface area contributed by atoms with Crippen LogP contribution in [0.3, 0.4) is 0 Å². The Bertz CT molecular complexity index is 795. The molecule has 7 heteroatoms. The summed E-state index contributed by atoms with van der Waals surface area (Å²) in [6.07, 6.45) is 5.84. The van der Waals surface area contributed by atoms with E-state index in [0.717, 1.165) is 30.8 Å². The molecule has 2 aromatic rings. The third-order valence-corrected chi connectivity index (χ3v) is 4.63. The van der Waals surface area contributed by atoms with Gasteiger partial charge in [-0.2, -0.15) is 0 Å². The van der Waals surface area contributed by atoms with E-state index in [2.05, 4.69) is 15.3 Å². The van der Waals surface area contributed by atoms with Gasteiger partial charge in [0.25, 0.3) is 5.91 Å². The number of nitrogens with zero attached hydrogens (tertiary/aromatic N) is 3. The highest BCUT2D eigenvalue weighted by Crippen LogP contribution is 2.53. The van der Waals surface area contributed by atoms with Crippen LogP contribution in [0.2, 0.25) is 0 Å². The van der Waals surface area contributed by atoms with E-state index in [0.29, 0.717) is 12.1 Å². The van der Waals surface area contributed by atoms with Gasteiger partial charge in [0, 0.05) is 30.8 Å². The average molecular weight is 326 g/mol. The molecule has 1 N–H and O–H groups in total. The molecule has 1 saturated carbocycles. The Kier molecular flexibility index (Phi) is 3.37. The third kappa shape index (κ3) is 2.46. The van der Waals surface area contributed by atoms with Gasteiger partial charge in [-0.05, 0) is 25.0 Å². The molecule has 1 fully saturated rings. The highest BCUT2D eigenvalue weighted by atomic mass is 16.3. The van der Waals surface area contributed by atoms with Crippen LogP contribution in [-0.2, 0) is 16.6 Å². The van der Waals surface area contributed by atoms with Crippen molar-refractivity contribution < 1.29 is 14.0 Å². The van der Waals surface area contributed by atoms with Crippen LogP contribution in [0.15, 0.2) is 28.9 Å². The number of amides is 2. The van der Waals surface area contributed by atoms with E-state index in [-0.39, 0.29) is 29.7 Å². The second-order valence-electron chi connectivity index (χ2n) is 6.37. The molecule has 2 amide bonds. The Morgan fingerprint density at radius 1 is 1.38 bits per heavy atom. The van der Waals surface area contributed by atoms with E-state index in [9.17, 15) is 9.59 Å². The summed E-state index contributed by atoms with van der Waals surface area (Å²) in [7, 11) is 0. The molecule has 1 aliphatic carbocycles. The molecule has 1 spiro atoms. The van der Waals surface area contributed by atoms with Gasteiger partial charge in [0.1, 0.15) is 18.1 Å². The van der Waals surface area contributed by atoms with Crippen LogP contribution in [0.1, 0.15) is 41.6 Å². The largest absolute Gasteiger partial charge is 0.465 e. The van der Waals surface area contributed by atoms with Gasteiger partial charge in [0.2, 0.25) is 11.9 Å². The van der Waals surface area contributed by atoms with Crippen molar-refractivity contribution in [2.45, 2.75) is 31.6 Å². The van der Waals surface area contributed by atoms with Crippen LogP contribution in [0, 0.1) is 0 Å². The minimum Gasteiger partial charge on any atom is -0.465 e. The first-order valence-corrected chi connectivity index (χ1v) is 8.11. The van der Waals surface area contributed by atoms with Gasteiger partial charge in [-0.1, -0.05) is 6.92 Å². The zero-order valence-corrected chi connectivity index (χ0v) is 13.4. The lowest BCUT2D eigenvalue weighted by atomic mass is 9.94. The van der Waals surface area contributed by atoms with Crippen LogP contribution in [-0.4, -0.2) is 39.8 Å². The molecular formula is C17H18N4O3. The smallest absolute Gasteiger partial charge is 0.257 e. The monoisotopic (exact) mass is 326 g/mol. The van der Waals surface area contributed by atoms with Crippen molar-refractivity contribution in [1.29, 1.82) is 0 Å². The number of aryl methyl sites for hydroxylation is 1. The quantitative estimate of drug-likeness (QED) is 0.925. The summed E-state index contributed by atoms with van der Waals surface area (Å²) in [6.45, 7) is 2.52. The molecule has 0 radical (unpaired) electrons. The molecule has 1 aliphatic heterocycles. The topological polar surface area (TPSA) is 88.3 Å². The molecule has 4 rings (SSSR count). The molecule has 2 aromatic heterocycles. The predicted molar refractivity (Wildman–Crippen MR) is 85.6 cm³/mol. The fourth-order valence-electron chi connectivity index (χ4n) is 3.21. The van der Waals surface area contributed by atoms with Gasteiger partial charge in [0.05, 0.1) is 5.56 Å². The molecule has 0 bridgehead atoms. The summed E-state index contributed by atoms with van der Waals surface area (Å²) in [4.78, 5) is 34.4. The molecule has 7 nitrogen and oxygen atoms in total. The first-order chi connectivity index (χ1) is 11.6. The molecule has 0 atom stereocenters. The van der Waals surface area contributed by atoms with Gasteiger partial charge in [0.15, 0.2) is 0 Å². The van der Waals surface area contributed by atoms with Crippen molar-refractivity contribution in [3.05, 3.63) is 41.6 Å². The maximum absolute atomic E-state index is 12.7. The Morgan fingerprint density at radius 2 is 2.12 bits per heavy atom. The van der Waals surface area contributed by atoms with E-state index in [4.69, 9.17) is 4.42 Å². The normalized spacial score (nSPS) is 17.7. The lowest BCUT2D eigenvalue weighted by Crippen LogP contribution is -2.46. The highest BCUT2D eigenvalue weighted by molar-refractivity contribution is 6.01. The second kappa shape index (κ2) is 5.43. The first-order valence-electron chi connectivity index (χ1n) is 8.11. The number of nitrogens with one attached hydrogen (secondary N) is 1. The number of carbonyl (C=O) groups excluding carboxylic acids is 2. The second-order valence-corrected chi connectivity index (χ2v) is 6.37. The summed E-state index contributed by atoms with van der Waals surface area (Å²) >= 11 is 0. The molecule has 0 saturated heterocycles. The summed E-state index contributed by atoms with van der Waals surface area (Å²) in [5.74, 6) is 1.43. The van der Waals surface area contributed by atoms with E-state index >= 15 is 0 Å². The Labute approximate surface area is 139 Å².